The Bertz CT molecular complexity index is 207. The van der Waals surface area contributed by atoms with Gasteiger partial charge in [-0.3, -0.25) is 4.90 Å². The molecule has 1 heterocycles. The average Bonchev–Trinajstić information content (AvgIpc) is 2.44. The van der Waals surface area contributed by atoms with Gasteiger partial charge in [-0.1, -0.05) is 39.5 Å². The van der Waals surface area contributed by atoms with E-state index in [2.05, 4.69) is 18.7 Å². The van der Waals surface area contributed by atoms with Gasteiger partial charge in [-0.15, -0.1) is 11.6 Å². The molecule has 1 atom stereocenters. The fourth-order valence-electron chi connectivity index (χ4n) is 3.04. The van der Waals surface area contributed by atoms with Crippen molar-refractivity contribution in [3.8, 4) is 0 Å². The van der Waals surface area contributed by atoms with E-state index in [-0.39, 0.29) is 0 Å². The number of hydrogen-bond donors (Lipinski definition) is 0. The zero-order valence-corrected chi connectivity index (χ0v) is 10.9. The molecule has 2 heteroatoms. The number of alkyl halides is 1. The van der Waals surface area contributed by atoms with Gasteiger partial charge in [0.1, 0.15) is 0 Å². The Kier molecular flexibility index (Phi) is 3.62. The third-order valence-electron chi connectivity index (χ3n) is 4.19. The van der Waals surface area contributed by atoms with Crippen molar-refractivity contribution >= 4 is 11.6 Å². The molecule has 0 aromatic heterocycles. The Morgan fingerprint density at radius 3 is 2.13 bits per heavy atom. The van der Waals surface area contributed by atoms with Crippen LogP contribution in [0.3, 0.4) is 0 Å². The molecule has 1 aliphatic carbocycles. The zero-order valence-electron chi connectivity index (χ0n) is 10.1. The molecule has 1 saturated carbocycles. The summed E-state index contributed by atoms with van der Waals surface area (Å²) in [5, 5.41) is 0.348. The number of nitrogens with zero attached hydrogens (tertiary/aromatic N) is 1. The van der Waals surface area contributed by atoms with Gasteiger partial charge in [0, 0.05) is 19.1 Å². The van der Waals surface area contributed by atoms with Crippen LogP contribution in [0.2, 0.25) is 0 Å². The summed E-state index contributed by atoms with van der Waals surface area (Å²) in [7, 11) is 0. The minimum Gasteiger partial charge on any atom is -0.298 e. The Balaban J connectivity index is 1.94. The molecular formula is C13H24ClN. The van der Waals surface area contributed by atoms with Gasteiger partial charge in [0.2, 0.25) is 0 Å². The molecule has 0 spiro atoms. The van der Waals surface area contributed by atoms with Gasteiger partial charge >= 0.3 is 0 Å². The van der Waals surface area contributed by atoms with Crippen LogP contribution in [0, 0.1) is 5.41 Å². The molecule has 0 bridgehead atoms. The molecule has 15 heavy (non-hydrogen) atoms. The van der Waals surface area contributed by atoms with Crippen LogP contribution in [0.15, 0.2) is 0 Å². The van der Waals surface area contributed by atoms with E-state index in [0.29, 0.717) is 10.8 Å². The quantitative estimate of drug-likeness (QED) is 0.490. The van der Waals surface area contributed by atoms with Crippen LogP contribution in [0.1, 0.15) is 52.4 Å². The minimum absolute atomic E-state index is 0.313. The second kappa shape index (κ2) is 4.63. The molecule has 0 N–H and O–H groups in total. The summed E-state index contributed by atoms with van der Waals surface area (Å²) in [6.07, 6.45) is 8.54. The van der Waals surface area contributed by atoms with Crippen molar-refractivity contribution in [2.45, 2.75) is 63.8 Å². The largest absolute Gasteiger partial charge is 0.298 e. The number of likely N-dealkylation sites (tertiary alicyclic amines) is 1. The molecule has 88 valence electrons. The van der Waals surface area contributed by atoms with Crippen molar-refractivity contribution in [2.75, 3.05) is 13.1 Å². The fourth-order valence-corrected chi connectivity index (χ4v) is 3.29. The standard InChI is InChI=1S/C13H24ClN/c1-13(2)10-15(9-12(13)14)11-7-5-3-4-6-8-11/h11-12H,3-10H2,1-2H3. The molecule has 0 aromatic rings. The molecule has 1 aliphatic heterocycles. The highest BCUT2D eigenvalue weighted by Gasteiger charge is 2.40. The fraction of sp³-hybridized carbons (Fsp3) is 1.00. The summed E-state index contributed by atoms with van der Waals surface area (Å²) >= 11 is 6.42. The van der Waals surface area contributed by atoms with Crippen molar-refractivity contribution in [3.05, 3.63) is 0 Å². The predicted octanol–water partition coefficient (Wildman–Crippen LogP) is 3.66. The van der Waals surface area contributed by atoms with Crippen LogP contribution in [0.4, 0.5) is 0 Å². The van der Waals surface area contributed by atoms with Crippen LogP contribution in [-0.4, -0.2) is 29.4 Å². The normalized spacial score (nSPS) is 34.2. The van der Waals surface area contributed by atoms with Gasteiger partial charge < -0.3 is 0 Å². The smallest absolute Gasteiger partial charge is 0.0526 e. The Labute approximate surface area is 99.2 Å². The van der Waals surface area contributed by atoms with Crippen LogP contribution in [0.5, 0.6) is 0 Å². The van der Waals surface area contributed by atoms with Gasteiger partial charge in [-0.2, -0.15) is 0 Å². The summed E-state index contributed by atoms with van der Waals surface area (Å²) in [6.45, 7) is 6.92. The lowest BCUT2D eigenvalue weighted by molar-refractivity contribution is 0.199. The maximum Gasteiger partial charge on any atom is 0.0526 e. The SMILES string of the molecule is CC1(C)CN(C2CCCCCC2)CC1Cl. The monoisotopic (exact) mass is 229 g/mol. The predicted molar refractivity (Wildman–Crippen MR) is 66.5 cm³/mol. The third-order valence-corrected chi connectivity index (χ3v) is 4.92. The summed E-state index contributed by atoms with van der Waals surface area (Å²) in [6, 6.07) is 0.829. The van der Waals surface area contributed by atoms with Crippen LogP contribution in [0.25, 0.3) is 0 Å². The first-order chi connectivity index (χ1) is 7.09. The first-order valence-corrected chi connectivity index (χ1v) is 6.91. The van der Waals surface area contributed by atoms with Crippen molar-refractivity contribution in [3.63, 3.8) is 0 Å². The Morgan fingerprint density at radius 2 is 1.67 bits per heavy atom. The zero-order chi connectivity index (χ0) is 10.9. The lowest BCUT2D eigenvalue weighted by atomic mass is 9.92. The minimum atomic E-state index is 0.313. The lowest BCUT2D eigenvalue weighted by Gasteiger charge is -2.27. The average molecular weight is 230 g/mol. The van der Waals surface area contributed by atoms with E-state index >= 15 is 0 Å². The van der Waals surface area contributed by atoms with E-state index in [1.807, 2.05) is 0 Å². The molecule has 2 fully saturated rings. The molecule has 2 aliphatic rings. The van der Waals surface area contributed by atoms with Crippen molar-refractivity contribution < 1.29 is 0 Å². The summed E-state index contributed by atoms with van der Waals surface area (Å²) in [4.78, 5) is 2.66. The van der Waals surface area contributed by atoms with Crippen LogP contribution < -0.4 is 0 Å². The van der Waals surface area contributed by atoms with Gasteiger partial charge in [-0.05, 0) is 18.3 Å². The van der Waals surface area contributed by atoms with Gasteiger partial charge in [0.05, 0.1) is 5.38 Å². The topological polar surface area (TPSA) is 3.24 Å². The molecule has 1 unspecified atom stereocenters. The second-order valence-electron chi connectivity index (χ2n) is 6.03. The molecule has 0 radical (unpaired) electrons. The van der Waals surface area contributed by atoms with E-state index in [1.54, 1.807) is 0 Å². The molecular weight excluding hydrogens is 206 g/mol. The molecule has 1 saturated heterocycles. The maximum atomic E-state index is 6.42. The Morgan fingerprint density at radius 1 is 1.07 bits per heavy atom. The van der Waals surface area contributed by atoms with E-state index in [9.17, 15) is 0 Å². The second-order valence-corrected chi connectivity index (χ2v) is 6.56. The molecule has 0 amide bonds. The molecule has 1 nitrogen and oxygen atoms in total. The van der Waals surface area contributed by atoms with Crippen LogP contribution in [-0.2, 0) is 0 Å². The highest BCUT2D eigenvalue weighted by molar-refractivity contribution is 6.21. The van der Waals surface area contributed by atoms with E-state index in [4.69, 9.17) is 11.6 Å². The Hall–Kier alpha value is 0.250. The van der Waals surface area contributed by atoms with Crippen molar-refractivity contribution in [2.24, 2.45) is 5.41 Å². The van der Waals surface area contributed by atoms with Crippen molar-refractivity contribution in [1.29, 1.82) is 0 Å². The van der Waals surface area contributed by atoms with Gasteiger partial charge in [0.15, 0.2) is 0 Å². The summed E-state index contributed by atoms with van der Waals surface area (Å²) in [5.74, 6) is 0. The first-order valence-electron chi connectivity index (χ1n) is 6.48. The molecule has 0 aromatic carbocycles. The number of rotatable bonds is 1. The lowest BCUT2D eigenvalue weighted by Crippen LogP contribution is -2.34. The van der Waals surface area contributed by atoms with E-state index in [0.717, 1.165) is 12.6 Å². The van der Waals surface area contributed by atoms with Gasteiger partial charge in [0.25, 0.3) is 0 Å². The maximum absolute atomic E-state index is 6.42. The summed E-state index contributed by atoms with van der Waals surface area (Å²) in [5.41, 5.74) is 0.313. The highest BCUT2D eigenvalue weighted by Crippen LogP contribution is 2.36. The number of hydrogen-bond acceptors (Lipinski definition) is 1. The first kappa shape index (κ1) is 11.7. The van der Waals surface area contributed by atoms with E-state index in [1.165, 1.54) is 45.1 Å². The summed E-state index contributed by atoms with van der Waals surface area (Å²) < 4.78 is 0. The van der Waals surface area contributed by atoms with Crippen LogP contribution >= 0.6 is 11.6 Å². The molecule has 2 rings (SSSR count). The van der Waals surface area contributed by atoms with E-state index < -0.39 is 0 Å². The van der Waals surface area contributed by atoms with Crippen molar-refractivity contribution in [1.82, 2.24) is 4.90 Å². The van der Waals surface area contributed by atoms with Gasteiger partial charge in [-0.25, -0.2) is 0 Å². The number of halogens is 1. The third kappa shape index (κ3) is 2.68. The highest BCUT2D eigenvalue weighted by atomic mass is 35.5.